The van der Waals surface area contributed by atoms with E-state index in [0.29, 0.717) is 0 Å². The highest BCUT2D eigenvalue weighted by Gasteiger charge is 2.45. The number of fused-ring (bicyclic) bond motifs is 1. The van der Waals surface area contributed by atoms with E-state index in [1.165, 1.54) is 10.9 Å². The maximum atomic E-state index is 11.8. The van der Waals surface area contributed by atoms with Crippen molar-refractivity contribution >= 4 is 17.1 Å². The van der Waals surface area contributed by atoms with Gasteiger partial charge >= 0.3 is 0 Å². The number of H-pyrrole nitrogens is 1. The van der Waals surface area contributed by atoms with Gasteiger partial charge in [-0.1, -0.05) is 5.92 Å². The predicted octanol–water partition coefficient (Wildman–Crippen LogP) is -2.03. The molecule has 2 aromatic rings. The molecule has 10 heteroatoms. The van der Waals surface area contributed by atoms with Gasteiger partial charge in [-0.15, -0.1) is 6.42 Å². The van der Waals surface area contributed by atoms with Crippen molar-refractivity contribution in [2.75, 3.05) is 18.9 Å². The number of aliphatic hydroxyl groups is 2. The van der Waals surface area contributed by atoms with Crippen LogP contribution in [-0.2, 0) is 9.47 Å². The molecule has 0 bridgehead atoms. The number of nitrogens with zero attached hydrogens (tertiary/aromatic N) is 3. The SMILES string of the molecule is C#CCOC1[C@@H](O)[C@@H](CO)O[C@H]1n1cnc2c(=O)[nH]c(N)nc21. The van der Waals surface area contributed by atoms with E-state index < -0.39 is 36.7 Å². The normalized spacial score (nSPS) is 27.3. The summed E-state index contributed by atoms with van der Waals surface area (Å²) in [6, 6.07) is 0. The van der Waals surface area contributed by atoms with E-state index in [4.69, 9.17) is 21.6 Å². The lowest BCUT2D eigenvalue weighted by molar-refractivity contribution is -0.0636. The van der Waals surface area contributed by atoms with E-state index in [-0.39, 0.29) is 23.7 Å². The molecule has 0 radical (unpaired) electrons. The van der Waals surface area contributed by atoms with E-state index in [1.54, 1.807) is 0 Å². The lowest BCUT2D eigenvalue weighted by Crippen LogP contribution is -2.35. The monoisotopic (exact) mass is 321 g/mol. The highest BCUT2D eigenvalue weighted by Crippen LogP contribution is 2.33. The molecule has 4 atom stereocenters. The molecular weight excluding hydrogens is 306 g/mol. The summed E-state index contributed by atoms with van der Waals surface area (Å²) in [4.78, 5) is 22.2. The van der Waals surface area contributed by atoms with Gasteiger partial charge in [0.2, 0.25) is 5.95 Å². The number of anilines is 1. The molecule has 0 saturated carbocycles. The van der Waals surface area contributed by atoms with Gasteiger partial charge in [0, 0.05) is 0 Å². The van der Waals surface area contributed by atoms with E-state index >= 15 is 0 Å². The second-order valence-corrected chi connectivity index (χ2v) is 4.99. The summed E-state index contributed by atoms with van der Waals surface area (Å²) in [6.07, 6.45) is 2.81. The summed E-state index contributed by atoms with van der Waals surface area (Å²) in [5.74, 6) is 2.22. The standard InChI is InChI=1S/C13H15N5O5/c1-2-3-22-9-8(20)6(4-19)23-12(9)18-5-15-7-10(18)16-13(14)17-11(7)21/h1,5-6,8-9,12,19-20H,3-4H2,(H3,14,16,17,21)/t6-,8+,9?,12-/m1/s1. The first-order chi connectivity index (χ1) is 11.1. The molecule has 0 spiro atoms. The number of hydrogen-bond acceptors (Lipinski definition) is 8. The molecule has 0 aliphatic carbocycles. The Balaban J connectivity index is 2.05. The fourth-order valence-corrected chi connectivity index (χ4v) is 2.55. The third kappa shape index (κ3) is 2.55. The number of nitrogens with one attached hydrogen (secondary N) is 1. The molecule has 5 N–H and O–H groups in total. The maximum absolute atomic E-state index is 11.8. The van der Waals surface area contributed by atoms with Crippen LogP contribution in [0.15, 0.2) is 11.1 Å². The lowest BCUT2D eigenvalue weighted by Gasteiger charge is -2.20. The molecule has 1 aliphatic rings. The zero-order chi connectivity index (χ0) is 16.6. The number of aliphatic hydroxyl groups excluding tert-OH is 2. The highest BCUT2D eigenvalue weighted by molar-refractivity contribution is 5.70. The molecule has 0 aromatic carbocycles. The maximum Gasteiger partial charge on any atom is 0.280 e. The topological polar surface area (TPSA) is 149 Å². The number of aromatic nitrogens is 4. The Labute approximate surface area is 129 Å². The number of imidazole rings is 1. The summed E-state index contributed by atoms with van der Waals surface area (Å²) in [6.45, 7) is -0.459. The number of ether oxygens (including phenoxy) is 2. The molecule has 122 valence electrons. The van der Waals surface area contributed by atoms with Crippen LogP contribution in [0.1, 0.15) is 6.23 Å². The molecule has 3 heterocycles. The number of terminal acetylenes is 1. The van der Waals surface area contributed by atoms with Gasteiger partial charge in [0.1, 0.15) is 24.9 Å². The Morgan fingerprint density at radius 2 is 2.39 bits per heavy atom. The van der Waals surface area contributed by atoms with E-state index in [1.807, 2.05) is 0 Å². The van der Waals surface area contributed by atoms with Crippen LogP contribution < -0.4 is 11.3 Å². The molecule has 2 aromatic heterocycles. The van der Waals surface area contributed by atoms with Crippen molar-refractivity contribution in [2.45, 2.75) is 24.5 Å². The largest absolute Gasteiger partial charge is 0.394 e. The number of rotatable bonds is 4. The Morgan fingerprint density at radius 1 is 1.61 bits per heavy atom. The van der Waals surface area contributed by atoms with Crippen molar-refractivity contribution in [3.63, 3.8) is 0 Å². The van der Waals surface area contributed by atoms with E-state index in [2.05, 4.69) is 20.9 Å². The molecule has 10 nitrogen and oxygen atoms in total. The molecular formula is C13H15N5O5. The second-order valence-electron chi connectivity index (χ2n) is 4.99. The summed E-state index contributed by atoms with van der Waals surface area (Å²) in [5, 5.41) is 19.5. The third-order valence-corrected chi connectivity index (χ3v) is 3.58. The minimum absolute atomic E-state index is 0.0531. The van der Waals surface area contributed by atoms with Gasteiger partial charge in [0.25, 0.3) is 5.56 Å². The number of aromatic amines is 1. The predicted molar refractivity (Wildman–Crippen MR) is 78.1 cm³/mol. The van der Waals surface area contributed by atoms with Crippen molar-refractivity contribution in [1.82, 2.24) is 19.5 Å². The van der Waals surface area contributed by atoms with Gasteiger partial charge in [0.05, 0.1) is 12.9 Å². The Morgan fingerprint density at radius 3 is 3.09 bits per heavy atom. The summed E-state index contributed by atoms with van der Waals surface area (Å²) < 4.78 is 12.4. The van der Waals surface area contributed by atoms with Crippen LogP contribution in [0, 0.1) is 12.3 Å². The first kappa shape index (κ1) is 15.4. The van der Waals surface area contributed by atoms with Crippen molar-refractivity contribution in [3.05, 3.63) is 16.7 Å². The van der Waals surface area contributed by atoms with Crippen LogP contribution in [0.5, 0.6) is 0 Å². The average Bonchev–Trinajstić information content (AvgIpc) is 3.06. The van der Waals surface area contributed by atoms with Crippen LogP contribution in [0.25, 0.3) is 11.2 Å². The van der Waals surface area contributed by atoms with E-state index in [9.17, 15) is 15.0 Å². The Bertz CT molecular complexity index is 809. The van der Waals surface area contributed by atoms with Crippen LogP contribution in [0.2, 0.25) is 0 Å². The van der Waals surface area contributed by atoms with E-state index in [0.717, 1.165) is 0 Å². The van der Waals surface area contributed by atoms with Gasteiger partial charge in [-0.3, -0.25) is 14.3 Å². The van der Waals surface area contributed by atoms with Crippen molar-refractivity contribution in [2.24, 2.45) is 0 Å². The van der Waals surface area contributed by atoms with Gasteiger partial charge in [-0.25, -0.2) is 4.98 Å². The molecule has 1 saturated heterocycles. The van der Waals surface area contributed by atoms with Crippen molar-refractivity contribution in [1.29, 1.82) is 0 Å². The summed E-state index contributed by atoms with van der Waals surface area (Å²) in [7, 11) is 0. The highest BCUT2D eigenvalue weighted by atomic mass is 16.6. The van der Waals surface area contributed by atoms with Crippen LogP contribution in [0.3, 0.4) is 0 Å². The van der Waals surface area contributed by atoms with Gasteiger partial charge in [0.15, 0.2) is 17.4 Å². The second kappa shape index (κ2) is 5.98. The minimum Gasteiger partial charge on any atom is -0.394 e. The van der Waals surface area contributed by atoms with Gasteiger partial charge < -0.3 is 25.4 Å². The molecule has 1 fully saturated rings. The molecule has 23 heavy (non-hydrogen) atoms. The van der Waals surface area contributed by atoms with Crippen LogP contribution in [-0.4, -0.2) is 61.3 Å². The van der Waals surface area contributed by atoms with Crippen molar-refractivity contribution < 1.29 is 19.7 Å². The zero-order valence-corrected chi connectivity index (χ0v) is 11.9. The first-order valence-electron chi connectivity index (χ1n) is 6.78. The Kier molecular flexibility index (Phi) is 4.01. The quantitative estimate of drug-likeness (QED) is 0.471. The average molecular weight is 321 g/mol. The minimum atomic E-state index is -1.10. The third-order valence-electron chi connectivity index (χ3n) is 3.58. The lowest BCUT2D eigenvalue weighted by atomic mass is 10.1. The first-order valence-corrected chi connectivity index (χ1v) is 6.78. The summed E-state index contributed by atoms with van der Waals surface area (Å²) in [5.41, 5.74) is 5.30. The molecule has 0 amide bonds. The summed E-state index contributed by atoms with van der Waals surface area (Å²) >= 11 is 0. The molecule has 1 unspecified atom stereocenters. The van der Waals surface area contributed by atoms with Gasteiger partial charge in [-0.2, -0.15) is 4.98 Å². The molecule has 1 aliphatic heterocycles. The molecule has 3 rings (SSSR count). The number of nitrogens with two attached hydrogens (primary N) is 1. The van der Waals surface area contributed by atoms with Gasteiger partial charge in [-0.05, 0) is 0 Å². The number of nitrogen functional groups attached to an aromatic ring is 1. The fourth-order valence-electron chi connectivity index (χ4n) is 2.55. The zero-order valence-electron chi connectivity index (χ0n) is 11.9. The fraction of sp³-hybridized carbons (Fsp3) is 0.462. The van der Waals surface area contributed by atoms with Crippen LogP contribution in [0.4, 0.5) is 5.95 Å². The van der Waals surface area contributed by atoms with Crippen LogP contribution >= 0.6 is 0 Å². The smallest absolute Gasteiger partial charge is 0.280 e. The van der Waals surface area contributed by atoms with Crippen molar-refractivity contribution in [3.8, 4) is 12.3 Å². The number of hydrogen-bond donors (Lipinski definition) is 4. The Hall–Kier alpha value is -2.45.